The Morgan fingerprint density at radius 1 is 0.489 bits per heavy atom. The van der Waals surface area contributed by atoms with E-state index in [2.05, 4.69) is 173 Å². The topological polar surface area (TPSA) is 32.2 Å². The number of hydrogen-bond donors (Lipinski definition) is 1. The molecule has 47 heavy (non-hydrogen) atoms. The van der Waals surface area contributed by atoms with Gasteiger partial charge in [-0.15, -0.1) is 0 Å². The van der Waals surface area contributed by atoms with E-state index in [4.69, 9.17) is 4.42 Å². The summed E-state index contributed by atoms with van der Waals surface area (Å²) in [6, 6.07) is 46.0. The van der Waals surface area contributed by atoms with Gasteiger partial charge in [-0.3, -0.25) is 0 Å². The molecule has 0 atom stereocenters. The van der Waals surface area contributed by atoms with Crippen molar-refractivity contribution in [2.45, 2.75) is 52.4 Å². The van der Waals surface area contributed by atoms with Gasteiger partial charge in [0.1, 0.15) is 11.2 Å². The van der Waals surface area contributed by atoms with Gasteiger partial charge < -0.3 is 14.3 Å². The molecular formula is C44H40N2O. The van der Waals surface area contributed by atoms with E-state index in [1.165, 1.54) is 21.9 Å². The fourth-order valence-electron chi connectivity index (χ4n) is 6.87. The summed E-state index contributed by atoms with van der Waals surface area (Å²) < 4.78 is 6.70. The van der Waals surface area contributed by atoms with E-state index >= 15 is 0 Å². The van der Waals surface area contributed by atoms with Crippen molar-refractivity contribution in [3.8, 4) is 11.1 Å². The highest BCUT2D eigenvalue weighted by Gasteiger charge is 2.25. The number of para-hydroxylation sites is 4. The Kier molecular flexibility index (Phi) is 6.59. The third-order valence-electron chi connectivity index (χ3n) is 9.48. The average molecular weight is 613 g/mol. The zero-order chi connectivity index (χ0) is 32.5. The summed E-state index contributed by atoms with van der Waals surface area (Å²) in [5, 5.41) is 4.65. The fraction of sp³-hybridized carbons (Fsp3) is 0.182. The number of benzene rings is 6. The lowest BCUT2D eigenvalue weighted by Crippen LogP contribution is -2.19. The second-order valence-corrected chi connectivity index (χ2v) is 14.8. The lowest BCUT2D eigenvalue weighted by molar-refractivity contribution is 0.569. The molecule has 3 nitrogen and oxygen atoms in total. The molecular weight excluding hydrogens is 572 g/mol. The zero-order valence-corrected chi connectivity index (χ0v) is 28.0. The van der Waals surface area contributed by atoms with E-state index < -0.39 is 0 Å². The fourth-order valence-corrected chi connectivity index (χ4v) is 6.87. The maximum Gasteiger partial charge on any atom is 0.143 e. The monoisotopic (exact) mass is 612 g/mol. The SMILES string of the molecule is CC(C)(C)c1cc(N(c2ccccc2)c2cc(-c3cccc4c3[nH]c3ccccc34)c3oc4ccccc4c3c2)cc(C(C)(C)C)c1. The van der Waals surface area contributed by atoms with Crippen LogP contribution in [0.15, 0.2) is 132 Å². The summed E-state index contributed by atoms with van der Waals surface area (Å²) in [6.07, 6.45) is 0. The molecule has 0 amide bonds. The summed E-state index contributed by atoms with van der Waals surface area (Å²) in [5.74, 6) is 0. The van der Waals surface area contributed by atoms with Crippen molar-refractivity contribution >= 4 is 60.8 Å². The van der Waals surface area contributed by atoms with Crippen molar-refractivity contribution in [3.63, 3.8) is 0 Å². The van der Waals surface area contributed by atoms with Gasteiger partial charge in [-0.1, -0.05) is 120 Å². The Balaban J connectivity index is 1.47. The molecule has 0 saturated heterocycles. The van der Waals surface area contributed by atoms with Crippen molar-refractivity contribution in [2.75, 3.05) is 4.90 Å². The van der Waals surface area contributed by atoms with Crippen LogP contribution >= 0.6 is 0 Å². The van der Waals surface area contributed by atoms with Crippen LogP contribution in [0.3, 0.4) is 0 Å². The number of aromatic amines is 1. The largest absolute Gasteiger partial charge is 0.455 e. The van der Waals surface area contributed by atoms with E-state index in [1.54, 1.807) is 0 Å². The minimum Gasteiger partial charge on any atom is -0.455 e. The molecule has 0 aliphatic heterocycles. The van der Waals surface area contributed by atoms with Gasteiger partial charge in [-0.2, -0.15) is 0 Å². The molecule has 0 spiro atoms. The van der Waals surface area contributed by atoms with E-state index in [9.17, 15) is 0 Å². The molecule has 232 valence electrons. The number of hydrogen-bond acceptors (Lipinski definition) is 2. The normalized spacial score (nSPS) is 12.5. The Morgan fingerprint density at radius 2 is 1.11 bits per heavy atom. The molecule has 2 heterocycles. The van der Waals surface area contributed by atoms with Gasteiger partial charge in [-0.25, -0.2) is 0 Å². The molecule has 8 aromatic rings. The predicted molar refractivity (Wildman–Crippen MR) is 201 cm³/mol. The summed E-state index contributed by atoms with van der Waals surface area (Å²) in [7, 11) is 0. The predicted octanol–water partition coefficient (Wildman–Crippen LogP) is 13.0. The minimum atomic E-state index is -0.0144. The first-order chi connectivity index (χ1) is 22.6. The number of nitrogens with one attached hydrogen (secondary N) is 1. The molecule has 8 rings (SSSR count). The van der Waals surface area contributed by atoms with Crippen molar-refractivity contribution in [2.24, 2.45) is 0 Å². The quantitative estimate of drug-likeness (QED) is 0.214. The number of anilines is 3. The van der Waals surface area contributed by atoms with Crippen LogP contribution in [0.4, 0.5) is 17.1 Å². The van der Waals surface area contributed by atoms with Crippen LogP contribution in [0.25, 0.3) is 54.9 Å². The number of fused-ring (bicyclic) bond motifs is 6. The third-order valence-corrected chi connectivity index (χ3v) is 9.48. The molecule has 1 N–H and O–H groups in total. The zero-order valence-electron chi connectivity index (χ0n) is 28.0. The number of rotatable bonds is 4. The molecule has 0 unspecified atom stereocenters. The van der Waals surface area contributed by atoms with Crippen molar-refractivity contribution in [1.82, 2.24) is 4.98 Å². The van der Waals surface area contributed by atoms with Crippen molar-refractivity contribution < 1.29 is 4.42 Å². The van der Waals surface area contributed by atoms with Crippen LogP contribution in [-0.2, 0) is 10.8 Å². The van der Waals surface area contributed by atoms with Crippen LogP contribution in [0, 0.1) is 0 Å². The van der Waals surface area contributed by atoms with Gasteiger partial charge in [0.25, 0.3) is 0 Å². The van der Waals surface area contributed by atoms with E-state index in [0.29, 0.717) is 0 Å². The van der Waals surface area contributed by atoms with E-state index in [-0.39, 0.29) is 10.8 Å². The van der Waals surface area contributed by atoms with Crippen molar-refractivity contribution in [1.29, 1.82) is 0 Å². The highest BCUT2D eigenvalue weighted by Crippen LogP contribution is 2.46. The lowest BCUT2D eigenvalue weighted by atomic mass is 9.80. The highest BCUT2D eigenvalue weighted by atomic mass is 16.3. The Morgan fingerprint density at radius 3 is 1.83 bits per heavy atom. The Labute approximate surface area is 276 Å². The van der Waals surface area contributed by atoms with Gasteiger partial charge >= 0.3 is 0 Å². The lowest BCUT2D eigenvalue weighted by Gasteiger charge is -2.31. The number of nitrogens with zero attached hydrogens (tertiary/aromatic N) is 1. The molecule has 2 aromatic heterocycles. The van der Waals surface area contributed by atoms with Crippen LogP contribution in [0.1, 0.15) is 52.7 Å². The summed E-state index contributed by atoms with van der Waals surface area (Å²) in [6.45, 7) is 13.8. The van der Waals surface area contributed by atoms with Crippen LogP contribution in [0.5, 0.6) is 0 Å². The number of furan rings is 1. The molecule has 0 radical (unpaired) electrons. The Bertz CT molecular complexity index is 2400. The molecule has 0 fully saturated rings. The molecule has 0 bridgehead atoms. The first-order valence-electron chi connectivity index (χ1n) is 16.5. The minimum absolute atomic E-state index is 0.0144. The molecule has 0 aliphatic carbocycles. The molecule has 6 aromatic carbocycles. The number of H-pyrrole nitrogens is 1. The smallest absolute Gasteiger partial charge is 0.143 e. The summed E-state index contributed by atoms with van der Waals surface area (Å²) >= 11 is 0. The second kappa shape index (κ2) is 10.6. The van der Waals surface area contributed by atoms with E-state index in [0.717, 1.165) is 61.2 Å². The molecule has 0 aliphatic rings. The highest BCUT2D eigenvalue weighted by molar-refractivity contribution is 6.17. The summed E-state index contributed by atoms with van der Waals surface area (Å²) in [5.41, 5.74) is 12.2. The van der Waals surface area contributed by atoms with E-state index in [1.807, 2.05) is 6.07 Å². The van der Waals surface area contributed by atoms with Gasteiger partial charge in [0, 0.05) is 55.3 Å². The van der Waals surface area contributed by atoms with Gasteiger partial charge in [0.15, 0.2) is 0 Å². The average Bonchev–Trinajstić information content (AvgIpc) is 3.63. The number of aromatic nitrogens is 1. The Hall–Kier alpha value is -5.28. The van der Waals surface area contributed by atoms with Crippen LogP contribution in [0.2, 0.25) is 0 Å². The van der Waals surface area contributed by atoms with Crippen LogP contribution in [-0.4, -0.2) is 4.98 Å². The first kappa shape index (κ1) is 29.1. The van der Waals surface area contributed by atoms with Gasteiger partial charge in [0.2, 0.25) is 0 Å². The standard InChI is InChI=1S/C44H40N2O/c1-43(2,3)28-23-29(44(4,5)6)25-31(24-28)46(30-15-8-7-9-16-30)32-26-37-34-18-11-13-22-40(34)47-42(37)38(27-32)36-20-14-19-35-33-17-10-12-21-39(33)45-41(35)36/h7-27,45H,1-6H3. The third kappa shape index (κ3) is 4.98. The second-order valence-electron chi connectivity index (χ2n) is 14.8. The maximum absolute atomic E-state index is 6.70. The van der Waals surface area contributed by atoms with Gasteiger partial charge in [-0.05, 0) is 70.5 Å². The maximum atomic E-state index is 6.70. The molecule has 3 heteroatoms. The van der Waals surface area contributed by atoms with Crippen LogP contribution < -0.4 is 4.90 Å². The van der Waals surface area contributed by atoms with Crippen molar-refractivity contribution in [3.05, 3.63) is 139 Å². The van der Waals surface area contributed by atoms with Gasteiger partial charge in [0.05, 0.1) is 5.52 Å². The molecule has 0 saturated carbocycles. The summed E-state index contributed by atoms with van der Waals surface area (Å²) in [4.78, 5) is 6.17. The first-order valence-corrected chi connectivity index (χ1v) is 16.5.